The molecule has 1 aliphatic rings. The minimum atomic E-state index is -0.417. The first-order valence-corrected chi connectivity index (χ1v) is 8.15. The molecule has 18 heavy (non-hydrogen) atoms. The molecule has 0 aromatic carbocycles. The Morgan fingerprint density at radius 1 is 1.11 bits per heavy atom. The summed E-state index contributed by atoms with van der Waals surface area (Å²) in [5.74, 6) is 0. The Morgan fingerprint density at radius 2 is 1.89 bits per heavy atom. The van der Waals surface area contributed by atoms with Gasteiger partial charge in [-0.15, -0.1) is 22.7 Å². The third-order valence-corrected chi connectivity index (χ3v) is 6.11. The number of rotatable bonds is 2. The first kappa shape index (κ1) is 12.4. The zero-order valence-corrected chi connectivity index (χ0v) is 12.5. The van der Waals surface area contributed by atoms with Gasteiger partial charge in [-0.2, -0.15) is 0 Å². The fourth-order valence-electron chi connectivity index (χ4n) is 2.71. The van der Waals surface area contributed by atoms with E-state index in [2.05, 4.69) is 26.0 Å². The van der Waals surface area contributed by atoms with Crippen molar-refractivity contribution in [2.75, 3.05) is 0 Å². The number of aliphatic hydroxyl groups excluding tert-OH is 1. The molecule has 2 aromatic rings. The second kappa shape index (κ2) is 4.80. The molecule has 2 heterocycles. The van der Waals surface area contributed by atoms with Gasteiger partial charge in [-0.3, -0.25) is 0 Å². The molecule has 0 aliphatic heterocycles. The van der Waals surface area contributed by atoms with Crippen LogP contribution in [0, 0.1) is 13.8 Å². The van der Waals surface area contributed by atoms with Gasteiger partial charge in [-0.1, -0.05) is 0 Å². The number of aliphatic hydroxyl groups is 1. The SMILES string of the molecule is Cc1cc(C)c(C(O)c2cc3c(s2)CCCC3)s1. The van der Waals surface area contributed by atoms with Gasteiger partial charge in [0.25, 0.3) is 0 Å². The Morgan fingerprint density at radius 3 is 2.56 bits per heavy atom. The van der Waals surface area contributed by atoms with Gasteiger partial charge in [0.1, 0.15) is 6.10 Å². The molecule has 96 valence electrons. The largest absolute Gasteiger partial charge is 0.382 e. The molecule has 0 spiro atoms. The van der Waals surface area contributed by atoms with Crippen molar-refractivity contribution in [1.29, 1.82) is 0 Å². The molecular weight excluding hydrogens is 260 g/mol. The minimum Gasteiger partial charge on any atom is -0.382 e. The highest BCUT2D eigenvalue weighted by Gasteiger charge is 2.21. The van der Waals surface area contributed by atoms with Crippen LogP contribution in [0.1, 0.15) is 49.6 Å². The molecule has 0 fully saturated rings. The Hall–Kier alpha value is -0.640. The first-order chi connectivity index (χ1) is 8.65. The summed E-state index contributed by atoms with van der Waals surface area (Å²) in [5.41, 5.74) is 2.70. The van der Waals surface area contributed by atoms with Crippen LogP contribution in [0.25, 0.3) is 0 Å². The van der Waals surface area contributed by atoms with Gasteiger partial charge in [-0.25, -0.2) is 0 Å². The Balaban J connectivity index is 1.94. The van der Waals surface area contributed by atoms with Crippen molar-refractivity contribution in [3.05, 3.63) is 42.8 Å². The van der Waals surface area contributed by atoms with E-state index in [1.54, 1.807) is 11.3 Å². The van der Waals surface area contributed by atoms with Crippen LogP contribution < -0.4 is 0 Å². The van der Waals surface area contributed by atoms with Gasteiger partial charge < -0.3 is 5.11 Å². The maximum absolute atomic E-state index is 10.6. The van der Waals surface area contributed by atoms with E-state index in [-0.39, 0.29) is 0 Å². The first-order valence-electron chi connectivity index (χ1n) is 6.51. The Bertz CT molecular complexity index is 542. The molecule has 0 radical (unpaired) electrons. The van der Waals surface area contributed by atoms with Gasteiger partial charge >= 0.3 is 0 Å². The fraction of sp³-hybridized carbons (Fsp3) is 0.467. The third kappa shape index (κ3) is 2.15. The number of hydrogen-bond donors (Lipinski definition) is 1. The highest BCUT2D eigenvalue weighted by molar-refractivity contribution is 7.13. The van der Waals surface area contributed by atoms with E-state index < -0.39 is 6.10 Å². The van der Waals surface area contributed by atoms with E-state index in [9.17, 15) is 5.11 Å². The molecular formula is C15H18OS2. The highest BCUT2D eigenvalue weighted by atomic mass is 32.1. The van der Waals surface area contributed by atoms with E-state index in [0.717, 1.165) is 9.75 Å². The summed E-state index contributed by atoms with van der Waals surface area (Å²) >= 11 is 3.53. The molecule has 0 saturated carbocycles. The minimum absolute atomic E-state index is 0.417. The molecule has 0 saturated heterocycles. The van der Waals surface area contributed by atoms with Crippen molar-refractivity contribution in [3.63, 3.8) is 0 Å². The molecule has 2 aromatic heterocycles. The lowest BCUT2D eigenvalue weighted by Gasteiger charge is -2.08. The van der Waals surface area contributed by atoms with Crippen LogP contribution >= 0.6 is 22.7 Å². The van der Waals surface area contributed by atoms with Crippen LogP contribution in [0.4, 0.5) is 0 Å². The van der Waals surface area contributed by atoms with Gasteiger partial charge in [0.05, 0.1) is 0 Å². The molecule has 1 nitrogen and oxygen atoms in total. The maximum Gasteiger partial charge on any atom is 0.123 e. The van der Waals surface area contributed by atoms with Crippen LogP contribution in [-0.2, 0) is 12.8 Å². The van der Waals surface area contributed by atoms with Crippen molar-refractivity contribution in [2.24, 2.45) is 0 Å². The van der Waals surface area contributed by atoms with Gasteiger partial charge in [0, 0.05) is 19.5 Å². The van der Waals surface area contributed by atoms with E-state index >= 15 is 0 Å². The average molecular weight is 278 g/mol. The van der Waals surface area contributed by atoms with E-state index in [1.165, 1.54) is 46.6 Å². The second-order valence-electron chi connectivity index (χ2n) is 5.11. The monoisotopic (exact) mass is 278 g/mol. The number of fused-ring (bicyclic) bond motifs is 1. The summed E-state index contributed by atoms with van der Waals surface area (Å²) < 4.78 is 0. The lowest BCUT2D eigenvalue weighted by molar-refractivity contribution is 0.227. The smallest absolute Gasteiger partial charge is 0.123 e. The fourth-order valence-corrected chi connectivity index (χ4v) is 5.08. The molecule has 3 rings (SSSR count). The zero-order valence-electron chi connectivity index (χ0n) is 10.8. The average Bonchev–Trinajstić information content (AvgIpc) is 2.91. The summed E-state index contributed by atoms with van der Waals surface area (Å²) in [5, 5.41) is 10.6. The number of aryl methyl sites for hydroxylation is 4. The third-order valence-electron chi connectivity index (χ3n) is 3.61. The molecule has 1 unspecified atom stereocenters. The molecule has 1 aliphatic carbocycles. The lowest BCUT2D eigenvalue weighted by Crippen LogP contribution is -1.97. The van der Waals surface area contributed by atoms with Crippen LogP contribution in [-0.4, -0.2) is 5.11 Å². The van der Waals surface area contributed by atoms with Gasteiger partial charge in [0.15, 0.2) is 0 Å². The normalized spacial score (nSPS) is 16.6. The summed E-state index contributed by atoms with van der Waals surface area (Å²) in [7, 11) is 0. The summed E-state index contributed by atoms with van der Waals surface area (Å²) in [6, 6.07) is 4.40. The Kier molecular flexibility index (Phi) is 3.31. The van der Waals surface area contributed by atoms with Crippen LogP contribution in [0.2, 0.25) is 0 Å². The van der Waals surface area contributed by atoms with Gasteiger partial charge in [0.2, 0.25) is 0 Å². The van der Waals surface area contributed by atoms with Crippen molar-refractivity contribution >= 4 is 22.7 Å². The van der Waals surface area contributed by atoms with E-state index in [4.69, 9.17) is 0 Å². The summed E-state index contributed by atoms with van der Waals surface area (Å²) in [6.45, 7) is 4.20. The van der Waals surface area contributed by atoms with Crippen molar-refractivity contribution in [2.45, 2.75) is 45.6 Å². The maximum atomic E-state index is 10.6. The predicted molar refractivity (Wildman–Crippen MR) is 78.8 cm³/mol. The molecule has 1 atom stereocenters. The quantitative estimate of drug-likeness (QED) is 0.864. The molecule has 0 amide bonds. The second-order valence-corrected chi connectivity index (χ2v) is 7.57. The van der Waals surface area contributed by atoms with Crippen LogP contribution in [0.3, 0.4) is 0 Å². The summed E-state index contributed by atoms with van der Waals surface area (Å²) in [6.07, 6.45) is 4.59. The van der Waals surface area contributed by atoms with Crippen LogP contribution in [0.5, 0.6) is 0 Å². The topological polar surface area (TPSA) is 20.2 Å². The lowest BCUT2D eigenvalue weighted by atomic mass is 9.99. The van der Waals surface area contributed by atoms with Crippen molar-refractivity contribution in [3.8, 4) is 0 Å². The van der Waals surface area contributed by atoms with Crippen molar-refractivity contribution < 1.29 is 5.11 Å². The number of thiophene rings is 2. The molecule has 1 N–H and O–H groups in total. The predicted octanol–water partition coefficient (Wildman–Crippen LogP) is 4.39. The number of hydrogen-bond acceptors (Lipinski definition) is 3. The van der Waals surface area contributed by atoms with E-state index in [0.29, 0.717) is 0 Å². The van der Waals surface area contributed by atoms with Crippen LogP contribution in [0.15, 0.2) is 12.1 Å². The molecule has 0 bridgehead atoms. The summed E-state index contributed by atoms with van der Waals surface area (Å²) in [4.78, 5) is 5.03. The zero-order chi connectivity index (χ0) is 12.7. The Labute approximate surface area is 116 Å². The molecule has 3 heteroatoms. The van der Waals surface area contributed by atoms with Gasteiger partial charge in [-0.05, 0) is 62.8 Å². The highest BCUT2D eigenvalue weighted by Crippen LogP contribution is 2.38. The standard InChI is InChI=1S/C15H18OS2/c1-9-7-10(2)17-15(9)14(16)13-8-11-5-3-4-6-12(11)18-13/h7-8,14,16H,3-6H2,1-2H3. The van der Waals surface area contributed by atoms with E-state index in [1.807, 2.05) is 11.3 Å². The van der Waals surface area contributed by atoms with Crippen molar-refractivity contribution in [1.82, 2.24) is 0 Å².